The van der Waals surface area contributed by atoms with Crippen molar-refractivity contribution < 1.29 is 19.4 Å². The number of carbonyl (C=O) groups is 2. The van der Waals surface area contributed by atoms with Crippen LogP contribution in [0.1, 0.15) is 56.0 Å². The quantitative estimate of drug-likeness (QED) is 0.819. The Morgan fingerprint density at radius 1 is 1.48 bits per heavy atom. The summed E-state index contributed by atoms with van der Waals surface area (Å²) in [6.45, 7) is 6.06. The maximum absolute atomic E-state index is 13.4. The number of likely N-dealkylation sites (N-methyl/N-ethyl adjacent to an activating group) is 1. The Hall–Kier alpha value is -2.41. The van der Waals surface area contributed by atoms with Gasteiger partial charge >= 0.3 is 0 Å². The molecule has 158 valence electrons. The van der Waals surface area contributed by atoms with Crippen molar-refractivity contribution in [2.45, 2.75) is 52.2 Å². The van der Waals surface area contributed by atoms with Gasteiger partial charge in [-0.1, -0.05) is 13.0 Å². The minimum atomic E-state index is -0.323. The van der Waals surface area contributed by atoms with Gasteiger partial charge in [0, 0.05) is 32.6 Å². The first kappa shape index (κ1) is 21.3. The fraction of sp³-hybridized carbons (Fsp3) is 0.591. The summed E-state index contributed by atoms with van der Waals surface area (Å²) in [6, 6.07) is 1.54. The van der Waals surface area contributed by atoms with E-state index in [2.05, 4.69) is 11.1 Å². The zero-order chi connectivity index (χ0) is 21.1. The first-order chi connectivity index (χ1) is 13.8. The van der Waals surface area contributed by atoms with E-state index in [0.717, 1.165) is 24.8 Å². The van der Waals surface area contributed by atoms with Gasteiger partial charge in [0.15, 0.2) is 0 Å². The van der Waals surface area contributed by atoms with Crippen molar-refractivity contribution >= 4 is 17.4 Å². The maximum Gasteiger partial charge on any atom is 0.259 e. The van der Waals surface area contributed by atoms with Crippen LogP contribution in [0.5, 0.6) is 5.88 Å². The predicted molar refractivity (Wildman–Crippen MR) is 111 cm³/mol. The van der Waals surface area contributed by atoms with Crippen LogP contribution < -0.4 is 4.74 Å². The summed E-state index contributed by atoms with van der Waals surface area (Å²) in [4.78, 5) is 32.9. The molecule has 1 N–H and O–H groups in total. The van der Waals surface area contributed by atoms with Crippen LogP contribution in [0, 0.1) is 5.92 Å². The van der Waals surface area contributed by atoms with E-state index in [1.807, 2.05) is 19.9 Å². The van der Waals surface area contributed by atoms with Gasteiger partial charge in [0.05, 0.1) is 19.2 Å². The molecule has 1 aromatic heterocycles. The molecule has 0 aromatic carbocycles. The summed E-state index contributed by atoms with van der Waals surface area (Å²) < 4.78 is 6.19. The van der Waals surface area contributed by atoms with Gasteiger partial charge in [-0.05, 0) is 43.4 Å². The fourth-order valence-corrected chi connectivity index (χ4v) is 3.83. The monoisotopic (exact) mass is 401 g/mol. The molecule has 1 aliphatic carbocycles. The first-order valence-corrected chi connectivity index (χ1v) is 10.3. The largest absolute Gasteiger partial charge is 0.472 e. The Balaban J connectivity index is 2.01. The number of nitrogens with zero attached hydrogens (tertiary/aromatic N) is 3. The van der Waals surface area contributed by atoms with Crippen LogP contribution >= 0.6 is 0 Å². The third-order valence-corrected chi connectivity index (χ3v) is 5.92. The number of aliphatic hydroxyl groups excluding tert-OH is 1. The molecule has 7 heteroatoms. The molecule has 0 spiro atoms. The predicted octanol–water partition coefficient (Wildman–Crippen LogP) is 2.35. The molecule has 2 heterocycles. The number of rotatable bonds is 5. The zero-order valence-electron chi connectivity index (χ0n) is 17.7. The second-order valence-electron chi connectivity index (χ2n) is 8.22. The molecule has 2 aliphatic rings. The smallest absolute Gasteiger partial charge is 0.259 e. The van der Waals surface area contributed by atoms with Crippen LogP contribution in [0.25, 0.3) is 5.57 Å². The lowest BCUT2D eigenvalue weighted by atomic mass is 9.99. The SMILES string of the molecule is CC(=O)N(C)C[C@H]1Oc2ncc(C3=CCCC3)cc2C(=O)N([C@@H](C)CO)C[C@H]1C. The molecule has 3 atom stereocenters. The van der Waals surface area contributed by atoms with Gasteiger partial charge in [0.1, 0.15) is 11.7 Å². The lowest BCUT2D eigenvalue weighted by molar-refractivity contribution is -0.129. The highest BCUT2D eigenvalue weighted by Gasteiger charge is 2.34. The van der Waals surface area contributed by atoms with Crippen LogP contribution in [0.15, 0.2) is 18.3 Å². The third-order valence-electron chi connectivity index (χ3n) is 5.92. The summed E-state index contributed by atoms with van der Waals surface area (Å²) in [5, 5.41) is 9.71. The van der Waals surface area contributed by atoms with Gasteiger partial charge in [-0.3, -0.25) is 9.59 Å². The van der Waals surface area contributed by atoms with Gasteiger partial charge in [0.25, 0.3) is 5.91 Å². The van der Waals surface area contributed by atoms with Crippen LogP contribution in [0.2, 0.25) is 0 Å². The van der Waals surface area contributed by atoms with E-state index < -0.39 is 0 Å². The van der Waals surface area contributed by atoms with E-state index in [0.29, 0.717) is 24.5 Å². The number of aliphatic hydroxyl groups is 1. The van der Waals surface area contributed by atoms with Gasteiger partial charge in [-0.2, -0.15) is 0 Å². The van der Waals surface area contributed by atoms with Crippen molar-refractivity contribution in [1.82, 2.24) is 14.8 Å². The molecule has 0 bridgehead atoms. The summed E-state index contributed by atoms with van der Waals surface area (Å²) in [5.74, 6) is 0.0267. The van der Waals surface area contributed by atoms with Crippen LogP contribution in [0.4, 0.5) is 0 Å². The molecule has 0 fully saturated rings. The molecule has 0 unspecified atom stereocenters. The van der Waals surface area contributed by atoms with E-state index in [-0.39, 0.29) is 36.5 Å². The van der Waals surface area contributed by atoms with E-state index in [4.69, 9.17) is 4.74 Å². The lowest BCUT2D eigenvalue weighted by Gasteiger charge is -2.37. The van der Waals surface area contributed by atoms with E-state index >= 15 is 0 Å². The number of hydrogen-bond acceptors (Lipinski definition) is 5. The summed E-state index contributed by atoms with van der Waals surface area (Å²) in [7, 11) is 1.74. The number of pyridine rings is 1. The Labute approximate surface area is 172 Å². The zero-order valence-corrected chi connectivity index (χ0v) is 17.7. The van der Waals surface area contributed by atoms with Crippen LogP contribution in [0.3, 0.4) is 0 Å². The summed E-state index contributed by atoms with van der Waals surface area (Å²) >= 11 is 0. The Morgan fingerprint density at radius 3 is 2.86 bits per heavy atom. The third kappa shape index (κ3) is 4.61. The normalized spacial score (nSPS) is 22.9. The van der Waals surface area contributed by atoms with Crippen molar-refractivity contribution in [3.63, 3.8) is 0 Å². The molecular weight excluding hydrogens is 370 g/mol. The molecule has 0 saturated heterocycles. The summed E-state index contributed by atoms with van der Waals surface area (Å²) in [6.07, 6.45) is 6.78. The van der Waals surface area contributed by atoms with Crippen molar-refractivity contribution in [2.24, 2.45) is 5.92 Å². The molecule has 1 aromatic rings. The summed E-state index contributed by atoms with van der Waals surface area (Å²) in [5.41, 5.74) is 2.57. The Kier molecular flexibility index (Phi) is 6.57. The lowest BCUT2D eigenvalue weighted by Crippen LogP contribution is -2.50. The Bertz CT molecular complexity index is 807. The maximum atomic E-state index is 13.4. The molecule has 1 aliphatic heterocycles. The molecule has 29 heavy (non-hydrogen) atoms. The standard InChI is InChI=1S/C22H31N3O4/c1-14-11-25(15(2)13-26)22(28)19-9-18(17-7-5-6-8-17)10-23-21(19)29-20(14)12-24(4)16(3)27/h7,9-10,14-15,20,26H,5-6,8,11-13H2,1-4H3/t14-,15+,20-/m1/s1. The number of ether oxygens (including phenoxy) is 1. The van der Waals surface area contributed by atoms with Crippen molar-refractivity contribution in [2.75, 3.05) is 26.7 Å². The molecular formula is C22H31N3O4. The number of aromatic nitrogens is 1. The molecule has 0 saturated carbocycles. The number of amides is 2. The van der Waals surface area contributed by atoms with Gasteiger partial charge in [-0.25, -0.2) is 4.98 Å². The van der Waals surface area contributed by atoms with Crippen molar-refractivity contribution in [1.29, 1.82) is 0 Å². The minimum Gasteiger partial charge on any atom is -0.472 e. The van der Waals surface area contributed by atoms with Gasteiger partial charge in [0.2, 0.25) is 11.8 Å². The highest BCUT2D eigenvalue weighted by atomic mass is 16.5. The van der Waals surface area contributed by atoms with Crippen molar-refractivity contribution in [3.8, 4) is 5.88 Å². The second-order valence-corrected chi connectivity index (χ2v) is 8.22. The fourth-order valence-electron chi connectivity index (χ4n) is 3.83. The minimum absolute atomic E-state index is 0.0399. The first-order valence-electron chi connectivity index (χ1n) is 10.3. The molecule has 7 nitrogen and oxygen atoms in total. The van der Waals surface area contributed by atoms with E-state index in [9.17, 15) is 14.7 Å². The highest BCUT2D eigenvalue weighted by molar-refractivity contribution is 5.97. The van der Waals surface area contributed by atoms with Crippen LogP contribution in [-0.4, -0.2) is 70.6 Å². The van der Waals surface area contributed by atoms with E-state index in [1.165, 1.54) is 12.5 Å². The number of hydrogen-bond donors (Lipinski definition) is 1. The van der Waals surface area contributed by atoms with E-state index in [1.54, 1.807) is 23.0 Å². The molecule has 0 radical (unpaired) electrons. The molecule has 3 rings (SSSR count). The topological polar surface area (TPSA) is 83.0 Å². The second kappa shape index (κ2) is 8.95. The average molecular weight is 402 g/mol. The van der Waals surface area contributed by atoms with Crippen molar-refractivity contribution in [3.05, 3.63) is 29.5 Å². The highest BCUT2D eigenvalue weighted by Crippen LogP contribution is 2.32. The average Bonchev–Trinajstić information content (AvgIpc) is 3.24. The number of fused-ring (bicyclic) bond motifs is 1. The molecule has 2 amide bonds. The number of carbonyl (C=O) groups excluding carboxylic acids is 2. The van der Waals surface area contributed by atoms with Gasteiger partial charge in [-0.15, -0.1) is 0 Å². The Morgan fingerprint density at radius 2 is 2.24 bits per heavy atom. The van der Waals surface area contributed by atoms with Gasteiger partial charge < -0.3 is 19.6 Å². The number of allylic oxidation sites excluding steroid dienone is 2. The van der Waals surface area contributed by atoms with Crippen LogP contribution in [-0.2, 0) is 4.79 Å².